The minimum atomic E-state index is -5.08. The molecule has 0 aliphatic rings. The largest absolute Gasteiger partial charge is 0.491 e. The number of nitrogens with one attached hydrogen (secondary N) is 3. The third-order valence-corrected chi connectivity index (χ3v) is 6.13. The van der Waals surface area contributed by atoms with Crippen LogP contribution in [0.3, 0.4) is 0 Å². The molecule has 0 spiro atoms. The van der Waals surface area contributed by atoms with E-state index in [4.69, 9.17) is 26.2 Å². The molecule has 0 saturated heterocycles. The van der Waals surface area contributed by atoms with Crippen molar-refractivity contribution in [1.82, 2.24) is 14.7 Å². The van der Waals surface area contributed by atoms with Crippen LogP contribution in [0.25, 0.3) is 0 Å². The summed E-state index contributed by atoms with van der Waals surface area (Å²) in [5.41, 5.74) is 0.826. The molecule has 1 heterocycles. The van der Waals surface area contributed by atoms with Gasteiger partial charge in [0.2, 0.25) is 10.0 Å². The maximum absolute atomic E-state index is 12.5. The second-order valence-corrected chi connectivity index (χ2v) is 9.75. The zero-order valence-electron chi connectivity index (χ0n) is 20.1. The van der Waals surface area contributed by atoms with Gasteiger partial charge in [-0.1, -0.05) is 11.6 Å². The number of nitrogens with zero attached hydrogens (tertiary/aromatic N) is 2. The summed E-state index contributed by atoms with van der Waals surface area (Å²) in [6, 6.07) is 12.2. The zero-order valence-corrected chi connectivity index (χ0v) is 21.7. The lowest BCUT2D eigenvalue weighted by molar-refractivity contribution is -0.192. The van der Waals surface area contributed by atoms with Gasteiger partial charge in [0.05, 0.1) is 23.6 Å². The van der Waals surface area contributed by atoms with Gasteiger partial charge in [0, 0.05) is 16.8 Å². The minimum Gasteiger partial charge on any atom is -0.491 e. The Morgan fingerprint density at radius 3 is 2.08 bits per heavy atom. The van der Waals surface area contributed by atoms with Crippen molar-refractivity contribution in [2.75, 3.05) is 24.3 Å². The van der Waals surface area contributed by atoms with E-state index >= 15 is 0 Å². The van der Waals surface area contributed by atoms with Gasteiger partial charge in [0.1, 0.15) is 23.7 Å². The van der Waals surface area contributed by atoms with Gasteiger partial charge >= 0.3 is 18.3 Å². The molecule has 218 valence electrons. The van der Waals surface area contributed by atoms with Crippen molar-refractivity contribution in [1.29, 1.82) is 0 Å². The molecule has 10 nitrogen and oxygen atoms in total. The number of carboxylic acids is 1. The highest BCUT2D eigenvalue weighted by atomic mass is 35.5. The molecule has 1 aromatic heterocycles. The molecule has 0 amide bonds. The number of rotatable bonds is 9. The monoisotopic (exact) mass is 615 g/mol. The summed E-state index contributed by atoms with van der Waals surface area (Å²) < 4.78 is 101. The Hall–Kier alpha value is -3.83. The number of benzene rings is 2. The van der Waals surface area contributed by atoms with Crippen LogP contribution in [0.4, 0.5) is 49.4 Å². The highest BCUT2D eigenvalue weighted by Gasteiger charge is 2.38. The summed E-state index contributed by atoms with van der Waals surface area (Å²) in [4.78, 5) is 17.0. The zero-order chi connectivity index (χ0) is 30.1. The van der Waals surface area contributed by atoms with E-state index in [0.717, 1.165) is 0 Å². The Morgan fingerprint density at radius 1 is 0.975 bits per heavy atom. The van der Waals surface area contributed by atoms with Gasteiger partial charge in [-0.25, -0.2) is 27.9 Å². The van der Waals surface area contributed by atoms with Crippen molar-refractivity contribution in [2.45, 2.75) is 23.7 Å². The van der Waals surface area contributed by atoms with Crippen molar-refractivity contribution in [3.05, 3.63) is 59.9 Å². The summed E-state index contributed by atoms with van der Waals surface area (Å²) in [5, 5.41) is 13.6. The average Bonchev–Trinajstić information content (AvgIpc) is 2.85. The molecule has 0 atom stereocenters. The van der Waals surface area contributed by atoms with Gasteiger partial charge in [-0.3, -0.25) is 0 Å². The van der Waals surface area contributed by atoms with E-state index in [2.05, 4.69) is 25.3 Å². The van der Waals surface area contributed by atoms with Crippen LogP contribution >= 0.6 is 11.6 Å². The Bertz CT molecular complexity index is 1410. The highest BCUT2D eigenvalue weighted by molar-refractivity contribution is 7.89. The number of aromatic nitrogens is 2. The van der Waals surface area contributed by atoms with E-state index in [0.29, 0.717) is 16.5 Å². The second kappa shape index (κ2) is 13.5. The first-order chi connectivity index (χ1) is 18.5. The molecule has 18 heteroatoms. The summed E-state index contributed by atoms with van der Waals surface area (Å²) in [7, 11) is -2.56. The first-order valence-electron chi connectivity index (χ1n) is 10.7. The van der Waals surface area contributed by atoms with Crippen LogP contribution in [0.2, 0.25) is 5.02 Å². The lowest BCUT2D eigenvalue weighted by Crippen LogP contribution is -2.21. The molecular formula is C22H20ClF6N5O5S. The van der Waals surface area contributed by atoms with Gasteiger partial charge in [-0.2, -0.15) is 26.3 Å². The lowest BCUT2D eigenvalue weighted by Gasteiger charge is -2.15. The number of anilines is 4. The quantitative estimate of drug-likeness (QED) is 0.230. The fraction of sp³-hybridized carbons (Fsp3) is 0.227. The second-order valence-electron chi connectivity index (χ2n) is 7.43. The predicted octanol–water partition coefficient (Wildman–Crippen LogP) is 5.49. The number of carbonyl (C=O) groups is 1. The number of halogens is 7. The fourth-order valence-corrected chi connectivity index (χ4v) is 3.49. The van der Waals surface area contributed by atoms with Gasteiger partial charge in [0.15, 0.2) is 0 Å². The van der Waals surface area contributed by atoms with E-state index < -0.39 is 41.4 Å². The predicted molar refractivity (Wildman–Crippen MR) is 133 cm³/mol. The van der Waals surface area contributed by atoms with Crippen molar-refractivity contribution in [2.24, 2.45) is 0 Å². The third-order valence-electron chi connectivity index (χ3n) is 4.46. The number of carboxylic acid groups (broad SMARTS) is 1. The molecule has 0 saturated carbocycles. The number of sulfonamides is 1. The Kier molecular flexibility index (Phi) is 10.9. The molecule has 3 aromatic rings. The van der Waals surface area contributed by atoms with Gasteiger partial charge in [0.25, 0.3) is 0 Å². The van der Waals surface area contributed by atoms with Crippen LogP contribution in [-0.2, 0) is 14.8 Å². The van der Waals surface area contributed by atoms with Crippen LogP contribution in [0, 0.1) is 0 Å². The summed E-state index contributed by atoms with van der Waals surface area (Å²) in [6.45, 7) is -0.635. The van der Waals surface area contributed by atoms with Crippen molar-refractivity contribution < 1.29 is 49.4 Å². The normalized spacial score (nSPS) is 11.7. The molecule has 3 rings (SSSR count). The van der Waals surface area contributed by atoms with E-state index in [1.165, 1.54) is 37.6 Å². The topological polar surface area (TPSA) is 143 Å². The number of ether oxygens (including phenoxy) is 1. The SMILES string of the molecule is CNS(=O)(=O)c1ccc(OCCC(F)(F)F)c(Nc2cc(Nc3ccc(Cl)cc3)ncn2)c1.O=C(O)C(F)(F)F. The highest BCUT2D eigenvalue weighted by Crippen LogP contribution is 2.31. The Labute approximate surface area is 228 Å². The van der Waals surface area contributed by atoms with Crippen molar-refractivity contribution in [3.8, 4) is 5.75 Å². The number of hydrogen-bond donors (Lipinski definition) is 4. The fourth-order valence-electron chi connectivity index (χ4n) is 2.61. The Balaban J connectivity index is 0.000000708. The standard InChI is InChI=1S/C20H19ClF3N5O3S.C2HF3O2/c1-25-33(30,31)15-6-7-17(32-9-8-20(22,23)24)16(10-15)29-19-11-18(26-12-27-19)28-14-4-2-13(21)3-5-14;3-2(4,5)1(6)7/h2-7,10-12,25H,8-9H2,1H3,(H2,26,27,28,29);(H,6,7). The average molecular weight is 616 g/mol. The lowest BCUT2D eigenvalue weighted by atomic mass is 10.3. The van der Waals surface area contributed by atoms with Crippen molar-refractivity contribution >= 4 is 50.6 Å². The molecule has 0 unspecified atom stereocenters. The summed E-state index contributed by atoms with van der Waals surface area (Å²) in [5.74, 6) is -2.07. The molecule has 2 aromatic carbocycles. The first kappa shape index (κ1) is 32.4. The third kappa shape index (κ3) is 10.7. The first-order valence-corrected chi connectivity index (χ1v) is 12.6. The van der Waals surface area contributed by atoms with E-state index in [1.807, 2.05) is 0 Å². The van der Waals surface area contributed by atoms with E-state index in [1.54, 1.807) is 24.3 Å². The van der Waals surface area contributed by atoms with Crippen LogP contribution in [0.1, 0.15) is 6.42 Å². The van der Waals surface area contributed by atoms with E-state index in [9.17, 15) is 34.8 Å². The molecule has 0 bridgehead atoms. The number of alkyl halides is 6. The van der Waals surface area contributed by atoms with Gasteiger partial charge in [-0.15, -0.1) is 0 Å². The van der Waals surface area contributed by atoms with Gasteiger partial charge < -0.3 is 20.5 Å². The molecule has 0 aliphatic carbocycles. The van der Waals surface area contributed by atoms with Crippen LogP contribution in [0.15, 0.2) is 59.8 Å². The maximum atomic E-state index is 12.5. The molecule has 40 heavy (non-hydrogen) atoms. The summed E-state index contributed by atoms with van der Waals surface area (Å²) in [6.07, 6.45) is -9.37. The minimum absolute atomic E-state index is 0.0279. The molecule has 0 aliphatic heterocycles. The molecule has 0 radical (unpaired) electrons. The Morgan fingerprint density at radius 2 is 1.55 bits per heavy atom. The maximum Gasteiger partial charge on any atom is 0.490 e. The van der Waals surface area contributed by atoms with Crippen molar-refractivity contribution in [3.63, 3.8) is 0 Å². The van der Waals surface area contributed by atoms with Crippen LogP contribution in [0.5, 0.6) is 5.75 Å². The molecule has 4 N–H and O–H groups in total. The number of aliphatic carboxylic acids is 1. The molecular weight excluding hydrogens is 596 g/mol. The van der Waals surface area contributed by atoms with E-state index in [-0.39, 0.29) is 22.2 Å². The van der Waals surface area contributed by atoms with Crippen LogP contribution in [-0.4, -0.2) is 55.5 Å². The van der Waals surface area contributed by atoms with Crippen LogP contribution < -0.4 is 20.1 Å². The molecule has 0 fully saturated rings. The van der Waals surface area contributed by atoms with Gasteiger partial charge in [-0.05, 0) is 49.5 Å². The summed E-state index contributed by atoms with van der Waals surface area (Å²) >= 11 is 5.88. The smallest absolute Gasteiger partial charge is 0.490 e. The number of hydrogen-bond acceptors (Lipinski definition) is 8.